The minimum Gasteiger partial charge on any atom is -0.0695 e. The summed E-state index contributed by atoms with van der Waals surface area (Å²) in [7, 11) is 0. The first-order valence-electron chi connectivity index (χ1n) is 8.79. The summed E-state index contributed by atoms with van der Waals surface area (Å²) in [5.74, 6) is 8.12. The molecule has 0 nitrogen and oxygen atoms in total. The van der Waals surface area contributed by atoms with Gasteiger partial charge in [-0.05, 0) is 79.4 Å². The van der Waals surface area contributed by atoms with E-state index >= 15 is 0 Å². The number of rotatable bonds is 4. The lowest BCUT2D eigenvalue weighted by molar-refractivity contribution is -0.00503. The van der Waals surface area contributed by atoms with Gasteiger partial charge in [0.1, 0.15) is 0 Å². The fraction of sp³-hybridized carbons (Fsp3) is 0.895. The van der Waals surface area contributed by atoms with Gasteiger partial charge in [0, 0.05) is 0 Å². The Morgan fingerprint density at radius 2 is 1.84 bits per heavy atom. The van der Waals surface area contributed by atoms with Crippen molar-refractivity contribution in [2.24, 2.45) is 47.3 Å². The molecule has 0 spiro atoms. The van der Waals surface area contributed by atoms with Crippen LogP contribution in [0.25, 0.3) is 0 Å². The second-order valence-electron chi connectivity index (χ2n) is 8.64. The van der Waals surface area contributed by atoms with Crippen molar-refractivity contribution < 1.29 is 0 Å². The molecule has 4 aliphatic carbocycles. The molecule has 4 aliphatic rings. The predicted octanol–water partition coefficient (Wildman–Crippen LogP) is 5.30. The maximum atomic E-state index is 2.57. The van der Waals surface area contributed by atoms with Gasteiger partial charge in [0.15, 0.2) is 0 Å². The molecule has 2 fully saturated rings. The third kappa shape index (κ3) is 1.71. The van der Waals surface area contributed by atoms with Gasteiger partial charge in [-0.2, -0.15) is 0 Å². The average Bonchev–Trinajstić information content (AvgIpc) is 3.13. The maximum absolute atomic E-state index is 2.57. The minimum absolute atomic E-state index is 0.890. The molecule has 0 saturated heterocycles. The van der Waals surface area contributed by atoms with E-state index in [0.717, 1.165) is 47.3 Å². The summed E-state index contributed by atoms with van der Waals surface area (Å²) in [4.78, 5) is 0. The average molecular weight is 258 g/mol. The first-order chi connectivity index (χ1) is 9.08. The molecule has 106 valence electrons. The van der Waals surface area contributed by atoms with Crippen LogP contribution in [0.5, 0.6) is 0 Å². The van der Waals surface area contributed by atoms with E-state index in [9.17, 15) is 0 Å². The van der Waals surface area contributed by atoms with Gasteiger partial charge < -0.3 is 0 Å². The molecule has 0 aliphatic heterocycles. The first kappa shape index (κ1) is 12.5. The molecule has 0 aromatic carbocycles. The largest absolute Gasteiger partial charge is 0.0695 e. The van der Waals surface area contributed by atoms with Crippen molar-refractivity contribution in [3.63, 3.8) is 0 Å². The zero-order valence-electron chi connectivity index (χ0n) is 13.2. The summed E-state index contributed by atoms with van der Waals surface area (Å²) in [6.07, 6.45) is 7.51. The van der Waals surface area contributed by atoms with Gasteiger partial charge in [-0.25, -0.2) is 0 Å². The summed E-state index contributed by atoms with van der Waals surface area (Å²) < 4.78 is 0. The third-order valence-electron chi connectivity index (χ3n) is 6.94. The Kier molecular flexibility index (Phi) is 2.71. The molecule has 6 unspecified atom stereocenters. The highest BCUT2D eigenvalue weighted by molar-refractivity contribution is 5.42. The van der Waals surface area contributed by atoms with Crippen molar-refractivity contribution in [3.05, 3.63) is 11.1 Å². The Labute approximate surface area is 119 Å². The molecule has 0 aromatic heterocycles. The van der Waals surface area contributed by atoms with Gasteiger partial charge in [-0.15, -0.1) is 0 Å². The van der Waals surface area contributed by atoms with Gasteiger partial charge in [-0.3, -0.25) is 0 Å². The van der Waals surface area contributed by atoms with E-state index in [-0.39, 0.29) is 0 Å². The fourth-order valence-corrected chi connectivity index (χ4v) is 6.05. The zero-order valence-corrected chi connectivity index (χ0v) is 13.2. The molecular weight excluding hydrogens is 228 g/mol. The second-order valence-corrected chi connectivity index (χ2v) is 8.64. The molecule has 0 amide bonds. The summed E-state index contributed by atoms with van der Waals surface area (Å²) >= 11 is 0. The van der Waals surface area contributed by atoms with Gasteiger partial charge >= 0.3 is 0 Å². The maximum Gasteiger partial charge on any atom is -0.0129 e. The van der Waals surface area contributed by atoms with Crippen LogP contribution in [-0.4, -0.2) is 0 Å². The van der Waals surface area contributed by atoms with Crippen LogP contribution >= 0.6 is 0 Å². The molecule has 0 N–H and O–H groups in total. The third-order valence-corrected chi connectivity index (χ3v) is 6.94. The number of hydrogen-bond acceptors (Lipinski definition) is 0. The predicted molar refractivity (Wildman–Crippen MR) is 80.7 cm³/mol. The SMILES string of the molecule is CC(C)CC(C1CC1)C1C(C)CC2=C3C(C2)C(C)C31. The van der Waals surface area contributed by atoms with E-state index in [0.29, 0.717) is 0 Å². The summed E-state index contributed by atoms with van der Waals surface area (Å²) in [5, 5.41) is 0. The molecule has 0 heterocycles. The fourth-order valence-electron chi connectivity index (χ4n) is 6.05. The highest BCUT2D eigenvalue weighted by atomic mass is 14.6. The highest BCUT2D eigenvalue weighted by Crippen LogP contribution is 2.68. The van der Waals surface area contributed by atoms with E-state index < -0.39 is 0 Å². The van der Waals surface area contributed by atoms with Gasteiger partial charge in [0.05, 0.1) is 0 Å². The molecule has 0 heteroatoms. The quantitative estimate of drug-likeness (QED) is 0.600. The first-order valence-corrected chi connectivity index (χ1v) is 8.79. The normalized spacial score (nSPS) is 45.6. The van der Waals surface area contributed by atoms with Crippen molar-refractivity contribution in [2.45, 2.75) is 59.8 Å². The molecule has 19 heavy (non-hydrogen) atoms. The van der Waals surface area contributed by atoms with Crippen LogP contribution in [0.4, 0.5) is 0 Å². The van der Waals surface area contributed by atoms with Crippen LogP contribution in [-0.2, 0) is 0 Å². The summed E-state index contributed by atoms with van der Waals surface area (Å²) in [6, 6.07) is 0. The van der Waals surface area contributed by atoms with Crippen molar-refractivity contribution in [1.29, 1.82) is 0 Å². The van der Waals surface area contributed by atoms with Gasteiger partial charge in [-0.1, -0.05) is 38.8 Å². The van der Waals surface area contributed by atoms with Crippen molar-refractivity contribution in [1.82, 2.24) is 0 Å². The van der Waals surface area contributed by atoms with Crippen molar-refractivity contribution >= 4 is 0 Å². The van der Waals surface area contributed by atoms with E-state index in [1.165, 1.54) is 32.1 Å². The second kappa shape index (κ2) is 4.12. The topological polar surface area (TPSA) is 0 Å². The van der Waals surface area contributed by atoms with Crippen LogP contribution in [0.15, 0.2) is 11.1 Å². The molecule has 0 bridgehead atoms. The van der Waals surface area contributed by atoms with Crippen LogP contribution in [0.1, 0.15) is 59.8 Å². The van der Waals surface area contributed by atoms with Crippen molar-refractivity contribution in [2.75, 3.05) is 0 Å². The molecule has 6 atom stereocenters. The molecule has 0 aromatic rings. The number of hydrogen-bond donors (Lipinski definition) is 0. The van der Waals surface area contributed by atoms with Gasteiger partial charge in [0.25, 0.3) is 0 Å². The highest BCUT2D eigenvalue weighted by Gasteiger charge is 2.59. The number of allylic oxidation sites excluding steroid dienone is 2. The lowest BCUT2D eigenvalue weighted by atomic mass is 9.41. The minimum atomic E-state index is 0.890. The van der Waals surface area contributed by atoms with Gasteiger partial charge in [0.2, 0.25) is 0 Å². The smallest absolute Gasteiger partial charge is 0.0129 e. The molecule has 0 radical (unpaired) electrons. The van der Waals surface area contributed by atoms with E-state index in [4.69, 9.17) is 0 Å². The Bertz CT molecular complexity index is 412. The van der Waals surface area contributed by atoms with E-state index in [2.05, 4.69) is 27.7 Å². The van der Waals surface area contributed by atoms with Crippen LogP contribution in [0.3, 0.4) is 0 Å². The van der Waals surface area contributed by atoms with E-state index in [1.54, 1.807) is 0 Å². The molecular formula is C19H30. The van der Waals surface area contributed by atoms with E-state index in [1.807, 2.05) is 11.1 Å². The van der Waals surface area contributed by atoms with Crippen LogP contribution in [0.2, 0.25) is 0 Å². The standard InChI is InChI=1S/C19H30/c1-10(2)7-16(13-5-6-13)17-11(3)8-14-9-15-12(4)18(17)19(14)15/h10-13,15-18H,5-9H2,1-4H3. The Morgan fingerprint density at radius 1 is 1.11 bits per heavy atom. The summed E-state index contributed by atoms with van der Waals surface area (Å²) in [5.41, 5.74) is 3.88. The molecule has 2 saturated carbocycles. The molecule has 4 rings (SSSR count). The van der Waals surface area contributed by atoms with Crippen LogP contribution < -0.4 is 0 Å². The Balaban J connectivity index is 1.61. The Hall–Kier alpha value is -0.260. The lowest BCUT2D eigenvalue weighted by Gasteiger charge is -2.63. The lowest BCUT2D eigenvalue weighted by Crippen LogP contribution is -2.55. The summed E-state index contributed by atoms with van der Waals surface area (Å²) in [6.45, 7) is 10.00. The van der Waals surface area contributed by atoms with Crippen molar-refractivity contribution in [3.8, 4) is 0 Å². The Morgan fingerprint density at radius 3 is 2.47 bits per heavy atom. The monoisotopic (exact) mass is 258 g/mol. The zero-order chi connectivity index (χ0) is 13.3. The van der Waals surface area contributed by atoms with Crippen LogP contribution in [0, 0.1) is 47.3 Å².